The first-order valence-electron chi connectivity index (χ1n) is 6.72. The van der Waals surface area contributed by atoms with Crippen molar-refractivity contribution in [3.63, 3.8) is 0 Å². The van der Waals surface area contributed by atoms with Crippen molar-refractivity contribution < 1.29 is 14.3 Å². The number of halogens is 1. The number of hydrogen-bond acceptors (Lipinski definition) is 3. The molecule has 1 aromatic carbocycles. The maximum atomic E-state index is 12.0. The van der Waals surface area contributed by atoms with E-state index in [1.54, 1.807) is 0 Å². The molecule has 0 saturated carbocycles. The predicted octanol–water partition coefficient (Wildman–Crippen LogP) is 2.26. The second kappa shape index (κ2) is 6.70. The number of hydrogen-bond donors (Lipinski definition) is 1. The summed E-state index contributed by atoms with van der Waals surface area (Å²) in [6.45, 7) is 6.15. The molecule has 0 aliphatic carbocycles. The lowest BCUT2D eigenvalue weighted by molar-refractivity contribution is -0.147. The highest BCUT2D eigenvalue weighted by atomic mass is 79.9. The molecule has 1 atom stereocenters. The Balaban J connectivity index is 1.93. The van der Waals surface area contributed by atoms with Crippen molar-refractivity contribution in [1.29, 1.82) is 0 Å². The van der Waals surface area contributed by atoms with E-state index in [0.717, 1.165) is 4.47 Å². The van der Waals surface area contributed by atoms with Crippen LogP contribution in [0.3, 0.4) is 0 Å². The van der Waals surface area contributed by atoms with Gasteiger partial charge in [0, 0.05) is 16.4 Å². The van der Waals surface area contributed by atoms with Crippen LogP contribution >= 0.6 is 15.9 Å². The fourth-order valence-corrected chi connectivity index (χ4v) is 2.47. The molecule has 1 aliphatic heterocycles. The van der Waals surface area contributed by atoms with Crippen molar-refractivity contribution >= 4 is 21.8 Å². The number of rotatable bonds is 4. The summed E-state index contributed by atoms with van der Waals surface area (Å²) in [5, 5.41) is 2.95. The summed E-state index contributed by atoms with van der Waals surface area (Å²) in [5.74, 6) is -0.104. The SMILES string of the molecule is CC(C)(CNC(=O)[C@H]1COCCO1)c1cccc(Br)c1. The lowest BCUT2D eigenvalue weighted by Crippen LogP contribution is -2.46. The Bertz CT molecular complexity index is 470. The van der Waals surface area contributed by atoms with Crippen molar-refractivity contribution in [3.05, 3.63) is 34.3 Å². The molecule has 5 heteroatoms. The van der Waals surface area contributed by atoms with Crippen LogP contribution in [0, 0.1) is 0 Å². The molecule has 1 aromatic rings. The van der Waals surface area contributed by atoms with Crippen molar-refractivity contribution in [3.8, 4) is 0 Å². The minimum absolute atomic E-state index is 0.104. The van der Waals surface area contributed by atoms with Crippen LogP contribution in [0.4, 0.5) is 0 Å². The van der Waals surface area contributed by atoms with Crippen molar-refractivity contribution in [2.75, 3.05) is 26.4 Å². The van der Waals surface area contributed by atoms with E-state index in [1.807, 2.05) is 12.1 Å². The van der Waals surface area contributed by atoms with E-state index in [2.05, 4.69) is 47.2 Å². The highest BCUT2D eigenvalue weighted by Gasteiger charge is 2.26. The van der Waals surface area contributed by atoms with Crippen molar-refractivity contribution in [2.45, 2.75) is 25.4 Å². The molecule has 2 rings (SSSR count). The van der Waals surface area contributed by atoms with Gasteiger partial charge in [0.2, 0.25) is 0 Å². The smallest absolute Gasteiger partial charge is 0.251 e. The van der Waals surface area contributed by atoms with Crippen LogP contribution in [-0.2, 0) is 19.7 Å². The summed E-state index contributed by atoms with van der Waals surface area (Å²) in [6.07, 6.45) is -0.484. The quantitative estimate of drug-likeness (QED) is 0.913. The number of carbonyl (C=O) groups is 1. The molecule has 0 radical (unpaired) electrons. The van der Waals surface area contributed by atoms with E-state index in [9.17, 15) is 4.79 Å². The van der Waals surface area contributed by atoms with Gasteiger partial charge in [0.25, 0.3) is 5.91 Å². The van der Waals surface area contributed by atoms with Crippen LogP contribution in [0.25, 0.3) is 0 Å². The molecule has 1 amide bonds. The minimum Gasteiger partial charge on any atom is -0.376 e. The third-order valence-electron chi connectivity index (χ3n) is 3.42. The Morgan fingerprint density at radius 1 is 1.45 bits per heavy atom. The molecule has 20 heavy (non-hydrogen) atoms. The molecule has 0 bridgehead atoms. The monoisotopic (exact) mass is 341 g/mol. The Kier molecular flexibility index (Phi) is 5.18. The summed E-state index contributed by atoms with van der Waals surface area (Å²) >= 11 is 3.47. The van der Waals surface area contributed by atoms with Crippen LogP contribution < -0.4 is 5.32 Å². The van der Waals surface area contributed by atoms with Crippen molar-refractivity contribution in [2.24, 2.45) is 0 Å². The molecule has 1 saturated heterocycles. The maximum absolute atomic E-state index is 12.0. The second-order valence-electron chi connectivity index (χ2n) is 5.55. The first-order valence-corrected chi connectivity index (χ1v) is 7.51. The van der Waals surface area contributed by atoms with E-state index >= 15 is 0 Å². The van der Waals surface area contributed by atoms with Gasteiger partial charge in [-0.15, -0.1) is 0 Å². The zero-order valence-electron chi connectivity index (χ0n) is 11.8. The molecule has 1 aliphatic rings. The molecule has 1 N–H and O–H groups in total. The summed E-state index contributed by atoms with van der Waals surface area (Å²) in [4.78, 5) is 12.0. The van der Waals surface area contributed by atoms with Crippen LogP contribution in [-0.4, -0.2) is 38.4 Å². The standard InChI is InChI=1S/C15H20BrNO3/c1-15(2,11-4-3-5-12(16)8-11)10-17-14(18)13-9-19-6-7-20-13/h3-5,8,13H,6-7,9-10H2,1-2H3,(H,17,18)/t13-/m1/s1. The fourth-order valence-electron chi connectivity index (χ4n) is 2.07. The van der Waals surface area contributed by atoms with E-state index in [1.165, 1.54) is 5.56 Å². The Labute approximate surface area is 128 Å². The van der Waals surface area contributed by atoms with Gasteiger partial charge in [-0.05, 0) is 17.7 Å². The van der Waals surface area contributed by atoms with Crippen LogP contribution in [0.2, 0.25) is 0 Å². The molecular weight excluding hydrogens is 322 g/mol. The van der Waals surface area contributed by atoms with E-state index < -0.39 is 6.10 Å². The fraction of sp³-hybridized carbons (Fsp3) is 0.533. The summed E-state index contributed by atoms with van der Waals surface area (Å²) in [5.41, 5.74) is 1.03. The van der Waals surface area contributed by atoms with Crippen molar-refractivity contribution in [1.82, 2.24) is 5.32 Å². The van der Waals surface area contributed by atoms with Gasteiger partial charge < -0.3 is 14.8 Å². The summed E-state index contributed by atoms with van der Waals surface area (Å²) in [6, 6.07) is 8.13. The van der Waals surface area contributed by atoms with Gasteiger partial charge in [0.15, 0.2) is 6.10 Å². The normalized spacial score (nSPS) is 19.6. The molecule has 0 spiro atoms. The number of nitrogens with one attached hydrogen (secondary N) is 1. The average molecular weight is 342 g/mol. The number of ether oxygens (including phenoxy) is 2. The first kappa shape index (κ1) is 15.5. The lowest BCUT2D eigenvalue weighted by Gasteiger charge is -2.28. The molecule has 0 aromatic heterocycles. The van der Waals surface area contributed by atoms with Gasteiger partial charge in [0.05, 0.1) is 19.8 Å². The van der Waals surface area contributed by atoms with Crippen LogP contribution in [0.5, 0.6) is 0 Å². The number of carbonyl (C=O) groups excluding carboxylic acids is 1. The van der Waals surface area contributed by atoms with E-state index in [0.29, 0.717) is 26.4 Å². The van der Waals surface area contributed by atoms with E-state index in [4.69, 9.17) is 9.47 Å². The number of benzene rings is 1. The molecule has 0 unspecified atom stereocenters. The zero-order chi connectivity index (χ0) is 14.6. The maximum Gasteiger partial charge on any atom is 0.251 e. The van der Waals surface area contributed by atoms with Gasteiger partial charge >= 0.3 is 0 Å². The molecular formula is C15H20BrNO3. The topological polar surface area (TPSA) is 47.6 Å². The minimum atomic E-state index is -0.484. The molecule has 1 heterocycles. The number of amides is 1. The van der Waals surface area contributed by atoms with Gasteiger partial charge in [-0.2, -0.15) is 0 Å². The Hall–Kier alpha value is -0.910. The van der Waals surface area contributed by atoms with Gasteiger partial charge in [-0.25, -0.2) is 0 Å². The second-order valence-corrected chi connectivity index (χ2v) is 6.46. The highest BCUT2D eigenvalue weighted by Crippen LogP contribution is 2.25. The highest BCUT2D eigenvalue weighted by molar-refractivity contribution is 9.10. The molecule has 110 valence electrons. The average Bonchev–Trinajstić information content (AvgIpc) is 2.46. The third kappa shape index (κ3) is 4.04. The van der Waals surface area contributed by atoms with Gasteiger partial charge in [0.1, 0.15) is 0 Å². The first-order chi connectivity index (χ1) is 9.49. The largest absolute Gasteiger partial charge is 0.376 e. The zero-order valence-corrected chi connectivity index (χ0v) is 13.4. The van der Waals surface area contributed by atoms with Crippen LogP contribution in [0.1, 0.15) is 19.4 Å². The van der Waals surface area contributed by atoms with Gasteiger partial charge in [-0.1, -0.05) is 41.9 Å². The molecule has 1 fully saturated rings. The summed E-state index contributed by atoms with van der Waals surface area (Å²) < 4.78 is 11.7. The molecule has 4 nitrogen and oxygen atoms in total. The third-order valence-corrected chi connectivity index (χ3v) is 3.91. The van der Waals surface area contributed by atoms with Crippen LogP contribution in [0.15, 0.2) is 28.7 Å². The Morgan fingerprint density at radius 3 is 2.90 bits per heavy atom. The lowest BCUT2D eigenvalue weighted by atomic mass is 9.84. The van der Waals surface area contributed by atoms with E-state index in [-0.39, 0.29) is 11.3 Å². The summed E-state index contributed by atoms with van der Waals surface area (Å²) in [7, 11) is 0. The predicted molar refractivity (Wildman–Crippen MR) is 80.7 cm³/mol. The van der Waals surface area contributed by atoms with Gasteiger partial charge in [-0.3, -0.25) is 4.79 Å². The Morgan fingerprint density at radius 2 is 2.25 bits per heavy atom.